The summed E-state index contributed by atoms with van der Waals surface area (Å²) in [5.41, 5.74) is 1.32. The van der Waals surface area contributed by atoms with Crippen molar-refractivity contribution in [3.63, 3.8) is 0 Å². The van der Waals surface area contributed by atoms with E-state index in [1.807, 2.05) is 0 Å². The lowest BCUT2D eigenvalue weighted by molar-refractivity contribution is -0.0163. The molecule has 0 aliphatic heterocycles. The van der Waals surface area contributed by atoms with Crippen molar-refractivity contribution in [2.75, 3.05) is 13.2 Å². The molecule has 0 saturated carbocycles. The first kappa shape index (κ1) is 22.0. The van der Waals surface area contributed by atoms with Crippen molar-refractivity contribution in [1.29, 1.82) is 0 Å². The van der Waals surface area contributed by atoms with Crippen molar-refractivity contribution >= 4 is 0 Å². The summed E-state index contributed by atoms with van der Waals surface area (Å²) in [6.45, 7) is 9.70. The summed E-state index contributed by atoms with van der Waals surface area (Å²) in [5.74, 6) is 0.938. The second-order valence-corrected chi connectivity index (χ2v) is 8.03. The Morgan fingerprint density at radius 1 is 0.720 bits per heavy atom. The Labute approximate surface area is 156 Å². The number of unbranched alkanes of at least 4 members (excludes halogenated alkanes) is 8. The molecule has 0 saturated heterocycles. The van der Waals surface area contributed by atoms with E-state index in [1.165, 1.54) is 69.8 Å². The fraction of sp³-hybridized carbons (Fsp3) is 0.739. The summed E-state index contributed by atoms with van der Waals surface area (Å²) >= 11 is 0. The number of benzene rings is 1. The molecule has 0 amide bonds. The zero-order valence-corrected chi connectivity index (χ0v) is 17.1. The molecular formula is C23H40O2. The minimum atomic E-state index is -0.0945. The first-order chi connectivity index (χ1) is 12.0. The molecule has 2 heteroatoms. The van der Waals surface area contributed by atoms with Crippen LogP contribution in [0.25, 0.3) is 0 Å². The minimum absolute atomic E-state index is 0.0945. The predicted octanol–water partition coefficient (Wildman–Crippen LogP) is 6.95. The van der Waals surface area contributed by atoms with Crippen LogP contribution in [0.1, 0.15) is 91.0 Å². The molecule has 0 spiro atoms. The number of ether oxygens (including phenoxy) is 2. The van der Waals surface area contributed by atoms with Gasteiger partial charge >= 0.3 is 0 Å². The Morgan fingerprint density at radius 3 is 1.84 bits per heavy atom. The summed E-state index contributed by atoms with van der Waals surface area (Å²) in [6, 6.07) is 8.57. The molecule has 144 valence electrons. The summed E-state index contributed by atoms with van der Waals surface area (Å²) in [5, 5.41) is 0. The topological polar surface area (TPSA) is 18.5 Å². The van der Waals surface area contributed by atoms with Crippen molar-refractivity contribution in [3.05, 3.63) is 29.8 Å². The van der Waals surface area contributed by atoms with Crippen molar-refractivity contribution in [1.82, 2.24) is 0 Å². The summed E-state index contributed by atoms with van der Waals surface area (Å²) in [7, 11) is 0. The third-order valence-electron chi connectivity index (χ3n) is 4.38. The molecule has 2 nitrogen and oxygen atoms in total. The van der Waals surface area contributed by atoms with E-state index >= 15 is 0 Å². The van der Waals surface area contributed by atoms with Gasteiger partial charge in [0.15, 0.2) is 0 Å². The van der Waals surface area contributed by atoms with Gasteiger partial charge in [-0.2, -0.15) is 0 Å². The van der Waals surface area contributed by atoms with Crippen LogP contribution in [0.2, 0.25) is 0 Å². The van der Waals surface area contributed by atoms with Gasteiger partial charge < -0.3 is 9.47 Å². The maximum Gasteiger partial charge on any atom is 0.119 e. The Balaban J connectivity index is 2.04. The summed E-state index contributed by atoms with van der Waals surface area (Å²) in [4.78, 5) is 0. The standard InChI is InChI=1S/C23H40O2/c1-5-6-7-8-9-10-11-12-13-14-21-15-17-22(18-16-21)24-19-20-25-23(2,3)4/h15-18H,5-14,19-20H2,1-4H3. The van der Waals surface area contributed by atoms with Gasteiger partial charge in [0, 0.05) is 0 Å². The zero-order valence-electron chi connectivity index (χ0n) is 17.1. The van der Waals surface area contributed by atoms with E-state index in [0.29, 0.717) is 13.2 Å². The van der Waals surface area contributed by atoms with E-state index in [-0.39, 0.29) is 5.60 Å². The van der Waals surface area contributed by atoms with Gasteiger partial charge in [0.1, 0.15) is 12.4 Å². The van der Waals surface area contributed by atoms with Crippen LogP contribution in [0.5, 0.6) is 5.75 Å². The molecule has 0 radical (unpaired) electrons. The van der Waals surface area contributed by atoms with Crippen molar-refractivity contribution in [2.45, 2.75) is 97.5 Å². The zero-order chi connectivity index (χ0) is 18.4. The fourth-order valence-corrected chi connectivity index (χ4v) is 2.90. The van der Waals surface area contributed by atoms with Crippen LogP contribution in [0.3, 0.4) is 0 Å². The van der Waals surface area contributed by atoms with Gasteiger partial charge in [-0.3, -0.25) is 0 Å². The van der Waals surface area contributed by atoms with Gasteiger partial charge in [0.2, 0.25) is 0 Å². The Hall–Kier alpha value is -1.02. The highest BCUT2D eigenvalue weighted by Gasteiger charge is 2.09. The first-order valence-corrected chi connectivity index (χ1v) is 10.4. The van der Waals surface area contributed by atoms with Gasteiger partial charge in [-0.15, -0.1) is 0 Å². The molecule has 1 rings (SSSR count). The van der Waals surface area contributed by atoms with Crippen LogP contribution in [0.15, 0.2) is 24.3 Å². The smallest absolute Gasteiger partial charge is 0.119 e. The van der Waals surface area contributed by atoms with Gasteiger partial charge in [0.05, 0.1) is 12.2 Å². The lowest BCUT2D eigenvalue weighted by Gasteiger charge is -2.19. The minimum Gasteiger partial charge on any atom is -0.491 e. The largest absolute Gasteiger partial charge is 0.491 e. The first-order valence-electron chi connectivity index (χ1n) is 10.4. The van der Waals surface area contributed by atoms with Crippen LogP contribution in [0.4, 0.5) is 0 Å². The average Bonchev–Trinajstić information content (AvgIpc) is 2.57. The maximum absolute atomic E-state index is 5.73. The molecule has 0 N–H and O–H groups in total. The molecule has 0 heterocycles. The normalized spacial score (nSPS) is 11.7. The van der Waals surface area contributed by atoms with Crippen molar-refractivity contribution in [3.8, 4) is 5.75 Å². The van der Waals surface area contributed by atoms with Crippen LogP contribution in [0, 0.1) is 0 Å². The molecule has 0 unspecified atom stereocenters. The molecule has 1 aromatic carbocycles. The molecule has 0 fully saturated rings. The number of hydrogen-bond donors (Lipinski definition) is 0. The molecular weight excluding hydrogens is 308 g/mol. The Morgan fingerprint density at radius 2 is 1.28 bits per heavy atom. The van der Waals surface area contributed by atoms with Crippen LogP contribution >= 0.6 is 0 Å². The predicted molar refractivity (Wildman–Crippen MR) is 109 cm³/mol. The van der Waals surface area contributed by atoms with E-state index in [2.05, 4.69) is 52.0 Å². The molecule has 0 aliphatic carbocycles. The second-order valence-electron chi connectivity index (χ2n) is 8.03. The number of rotatable bonds is 14. The Kier molecular flexibility index (Phi) is 11.6. The molecule has 0 atom stereocenters. The van der Waals surface area contributed by atoms with E-state index in [4.69, 9.17) is 9.47 Å². The van der Waals surface area contributed by atoms with Crippen molar-refractivity contribution < 1.29 is 9.47 Å². The third-order valence-corrected chi connectivity index (χ3v) is 4.38. The van der Waals surface area contributed by atoms with Gasteiger partial charge in [0.25, 0.3) is 0 Å². The van der Waals surface area contributed by atoms with Crippen LogP contribution < -0.4 is 4.74 Å². The average molecular weight is 349 g/mol. The van der Waals surface area contributed by atoms with E-state index < -0.39 is 0 Å². The third kappa shape index (κ3) is 12.9. The van der Waals surface area contributed by atoms with Gasteiger partial charge in [-0.1, -0.05) is 70.4 Å². The molecule has 1 aromatic rings. The molecule has 0 bridgehead atoms. The van der Waals surface area contributed by atoms with E-state index in [0.717, 1.165) is 5.75 Å². The monoisotopic (exact) mass is 348 g/mol. The van der Waals surface area contributed by atoms with E-state index in [9.17, 15) is 0 Å². The van der Waals surface area contributed by atoms with Crippen LogP contribution in [-0.2, 0) is 11.2 Å². The van der Waals surface area contributed by atoms with Crippen molar-refractivity contribution in [2.24, 2.45) is 0 Å². The highest BCUT2D eigenvalue weighted by atomic mass is 16.5. The number of hydrogen-bond acceptors (Lipinski definition) is 2. The highest BCUT2D eigenvalue weighted by molar-refractivity contribution is 5.27. The fourth-order valence-electron chi connectivity index (χ4n) is 2.90. The molecule has 25 heavy (non-hydrogen) atoms. The van der Waals surface area contributed by atoms with Gasteiger partial charge in [-0.05, 0) is 51.3 Å². The van der Waals surface area contributed by atoms with Crippen LogP contribution in [-0.4, -0.2) is 18.8 Å². The lowest BCUT2D eigenvalue weighted by atomic mass is 10.0. The Bertz CT molecular complexity index is 417. The number of aryl methyl sites for hydroxylation is 1. The quantitative estimate of drug-likeness (QED) is 0.338. The summed E-state index contributed by atoms with van der Waals surface area (Å²) in [6.07, 6.45) is 13.7. The molecule has 0 aliphatic rings. The highest BCUT2D eigenvalue weighted by Crippen LogP contribution is 2.16. The molecule has 0 aromatic heterocycles. The second kappa shape index (κ2) is 13.2. The SMILES string of the molecule is CCCCCCCCCCCc1ccc(OCCOC(C)(C)C)cc1. The maximum atomic E-state index is 5.73. The lowest BCUT2D eigenvalue weighted by Crippen LogP contribution is -2.22. The van der Waals surface area contributed by atoms with Gasteiger partial charge in [-0.25, -0.2) is 0 Å². The van der Waals surface area contributed by atoms with E-state index in [1.54, 1.807) is 0 Å². The summed E-state index contributed by atoms with van der Waals surface area (Å²) < 4.78 is 11.4.